The largest absolute Gasteiger partial charge is 0.308 e. The molecule has 0 spiro atoms. The van der Waals surface area contributed by atoms with Crippen molar-refractivity contribution in [3.63, 3.8) is 0 Å². The van der Waals surface area contributed by atoms with Gasteiger partial charge in [0.15, 0.2) is 0 Å². The Kier molecular flexibility index (Phi) is 4.85. The summed E-state index contributed by atoms with van der Waals surface area (Å²) in [6, 6.07) is 51.1. The summed E-state index contributed by atoms with van der Waals surface area (Å²) in [6.07, 6.45) is 0. The van der Waals surface area contributed by atoms with Crippen LogP contribution in [0.4, 0.5) is 0 Å². The minimum atomic E-state index is 0.617. The van der Waals surface area contributed by atoms with Crippen LogP contribution in [-0.2, 0) is 0 Å². The van der Waals surface area contributed by atoms with Gasteiger partial charge in [0.05, 0.1) is 50.4 Å². The van der Waals surface area contributed by atoms with Gasteiger partial charge in [0.1, 0.15) is 0 Å². The third-order valence-corrected chi connectivity index (χ3v) is 10.0. The molecular formula is C43H23N5. The van der Waals surface area contributed by atoms with Crippen molar-refractivity contribution in [3.8, 4) is 23.3 Å². The predicted molar refractivity (Wildman–Crippen MR) is 196 cm³/mol. The molecule has 48 heavy (non-hydrogen) atoms. The molecule has 5 heteroatoms. The van der Waals surface area contributed by atoms with E-state index in [2.05, 4.69) is 118 Å². The zero-order valence-electron chi connectivity index (χ0n) is 25.5. The summed E-state index contributed by atoms with van der Waals surface area (Å²) < 4.78 is 4.71. The molecule has 4 heterocycles. The number of nitriles is 1. The van der Waals surface area contributed by atoms with Crippen molar-refractivity contribution in [2.24, 2.45) is 0 Å². The van der Waals surface area contributed by atoms with Crippen LogP contribution in [0.15, 0.2) is 140 Å². The first kappa shape index (κ1) is 25.4. The summed E-state index contributed by atoms with van der Waals surface area (Å²) in [5, 5.41) is 20.0. The Hall–Kier alpha value is -6.77. The second kappa shape index (κ2) is 9.16. The molecule has 0 atom stereocenters. The van der Waals surface area contributed by atoms with E-state index in [1.54, 1.807) is 0 Å². The topological polar surface area (TPSA) is 58.9 Å². The van der Waals surface area contributed by atoms with Gasteiger partial charge in [-0.05, 0) is 59.3 Å². The van der Waals surface area contributed by atoms with Crippen molar-refractivity contribution in [2.45, 2.75) is 0 Å². The zero-order chi connectivity index (χ0) is 31.5. The van der Waals surface area contributed by atoms with Gasteiger partial charge in [0.2, 0.25) is 5.95 Å². The van der Waals surface area contributed by atoms with E-state index in [9.17, 15) is 5.26 Å². The number of aromatic nitrogens is 4. The normalized spacial score (nSPS) is 12.1. The molecule has 0 aliphatic carbocycles. The summed E-state index contributed by atoms with van der Waals surface area (Å²) in [7, 11) is 0. The summed E-state index contributed by atoms with van der Waals surface area (Å²) in [5.74, 6) is 0.617. The maximum Gasteiger partial charge on any atom is 0.235 e. The van der Waals surface area contributed by atoms with Gasteiger partial charge in [-0.15, -0.1) is 0 Å². The molecule has 0 aliphatic rings. The van der Waals surface area contributed by atoms with Crippen molar-refractivity contribution < 1.29 is 0 Å². The molecule has 0 unspecified atom stereocenters. The Morgan fingerprint density at radius 1 is 0.500 bits per heavy atom. The van der Waals surface area contributed by atoms with Crippen LogP contribution in [-0.4, -0.2) is 18.9 Å². The molecule has 0 saturated carbocycles. The SMILES string of the molecule is N#Cc1ccc(-c2nc(-n3c4cc5ccccc5cc4c4cc5c6ccccc6n6c7ccccc7c(c43)c56)nc3ccccc23)cc1. The average Bonchev–Trinajstić information content (AvgIpc) is 3.78. The number of hydrogen-bond donors (Lipinski definition) is 0. The lowest BCUT2D eigenvalue weighted by atomic mass is 10.0. The third-order valence-electron chi connectivity index (χ3n) is 10.0. The second-order valence-corrected chi connectivity index (χ2v) is 12.5. The standard InChI is InChI=1S/C43H23N5/c44-24-25-17-19-26(20-18-25)40-30-12-3-6-14-35(30)45-43(46-40)48-38-22-28-10-2-1-9-27(28)21-32(38)34-23-33-29-11-4-7-15-36(29)47-37-16-8-5-13-31(37)39(41(33)47)42(34)48/h1-23H. The Labute approximate surface area is 273 Å². The molecule has 7 aromatic carbocycles. The second-order valence-electron chi connectivity index (χ2n) is 12.5. The average molecular weight is 610 g/mol. The summed E-state index contributed by atoms with van der Waals surface area (Å²) in [4.78, 5) is 10.7. The molecule has 11 rings (SSSR count). The van der Waals surface area contributed by atoms with Gasteiger partial charge in [-0.3, -0.25) is 4.57 Å². The minimum absolute atomic E-state index is 0.617. The van der Waals surface area contributed by atoms with Crippen molar-refractivity contribution in [3.05, 3.63) is 145 Å². The van der Waals surface area contributed by atoms with Crippen molar-refractivity contribution in [1.82, 2.24) is 18.9 Å². The molecule has 4 aromatic heterocycles. The fourth-order valence-corrected chi connectivity index (χ4v) is 7.98. The van der Waals surface area contributed by atoms with E-state index in [4.69, 9.17) is 9.97 Å². The number of rotatable bonds is 2. The molecule has 0 bridgehead atoms. The van der Waals surface area contributed by atoms with Gasteiger partial charge in [0.25, 0.3) is 0 Å². The molecular weight excluding hydrogens is 587 g/mol. The number of fused-ring (bicyclic) bond motifs is 12. The minimum Gasteiger partial charge on any atom is -0.308 e. The van der Waals surface area contributed by atoms with Crippen molar-refractivity contribution in [1.29, 1.82) is 5.26 Å². The fourth-order valence-electron chi connectivity index (χ4n) is 7.98. The van der Waals surface area contributed by atoms with Crippen LogP contribution in [0.2, 0.25) is 0 Å². The lowest BCUT2D eigenvalue weighted by molar-refractivity contribution is 1.02. The highest BCUT2D eigenvalue weighted by Crippen LogP contribution is 2.47. The van der Waals surface area contributed by atoms with Crippen molar-refractivity contribution >= 4 is 81.6 Å². The van der Waals surface area contributed by atoms with E-state index in [0.717, 1.165) is 33.2 Å². The first-order valence-electron chi connectivity index (χ1n) is 16.1. The maximum atomic E-state index is 9.48. The van der Waals surface area contributed by atoms with Crippen LogP contribution < -0.4 is 0 Å². The molecule has 0 amide bonds. The summed E-state index contributed by atoms with van der Waals surface area (Å²) >= 11 is 0. The smallest absolute Gasteiger partial charge is 0.235 e. The van der Waals surface area contributed by atoms with Crippen LogP contribution in [0.1, 0.15) is 5.56 Å². The van der Waals surface area contributed by atoms with Gasteiger partial charge in [-0.25, -0.2) is 9.97 Å². The van der Waals surface area contributed by atoms with E-state index >= 15 is 0 Å². The van der Waals surface area contributed by atoms with E-state index in [-0.39, 0.29) is 0 Å². The van der Waals surface area contributed by atoms with E-state index in [1.807, 2.05) is 36.4 Å². The molecule has 11 aromatic rings. The molecule has 0 fully saturated rings. The van der Waals surface area contributed by atoms with Crippen LogP contribution in [0, 0.1) is 11.3 Å². The summed E-state index contributed by atoms with van der Waals surface area (Å²) in [5.41, 5.74) is 9.03. The summed E-state index contributed by atoms with van der Waals surface area (Å²) in [6.45, 7) is 0. The first-order chi connectivity index (χ1) is 23.8. The zero-order valence-corrected chi connectivity index (χ0v) is 25.5. The molecule has 0 aliphatic heterocycles. The Morgan fingerprint density at radius 2 is 1.15 bits per heavy atom. The highest BCUT2D eigenvalue weighted by atomic mass is 15.2. The molecule has 5 nitrogen and oxygen atoms in total. The molecule has 0 N–H and O–H groups in total. The fraction of sp³-hybridized carbons (Fsp3) is 0. The molecule has 0 radical (unpaired) electrons. The highest BCUT2D eigenvalue weighted by molar-refractivity contribution is 6.34. The van der Waals surface area contributed by atoms with E-state index in [1.165, 1.54) is 59.6 Å². The van der Waals surface area contributed by atoms with E-state index in [0.29, 0.717) is 11.5 Å². The Bertz CT molecular complexity index is 3170. The first-order valence-corrected chi connectivity index (χ1v) is 16.1. The van der Waals surface area contributed by atoms with Crippen LogP contribution in [0.5, 0.6) is 0 Å². The lowest BCUT2D eigenvalue weighted by Gasteiger charge is -2.12. The Morgan fingerprint density at radius 3 is 1.94 bits per heavy atom. The van der Waals surface area contributed by atoms with Crippen LogP contribution in [0.3, 0.4) is 0 Å². The maximum absolute atomic E-state index is 9.48. The van der Waals surface area contributed by atoms with Gasteiger partial charge in [-0.1, -0.05) is 91.0 Å². The predicted octanol–water partition coefficient (Wildman–Crippen LogP) is 10.6. The highest BCUT2D eigenvalue weighted by Gasteiger charge is 2.25. The molecule has 0 saturated heterocycles. The van der Waals surface area contributed by atoms with Crippen molar-refractivity contribution in [2.75, 3.05) is 0 Å². The number of para-hydroxylation sites is 3. The van der Waals surface area contributed by atoms with Gasteiger partial charge in [0, 0.05) is 43.3 Å². The number of benzene rings is 7. The van der Waals surface area contributed by atoms with Gasteiger partial charge >= 0.3 is 0 Å². The number of nitrogens with zero attached hydrogens (tertiary/aromatic N) is 5. The van der Waals surface area contributed by atoms with Gasteiger partial charge < -0.3 is 4.40 Å². The van der Waals surface area contributed by atoms with Crippen LogP contribution in [0.25, 0.3) is 98.8 Å². The lowest BCUT2D eigenvalue weighted by Crippen LogP contribution is -2.03. The number of hydrogen-bond acceptors (Lipinski definition) is 3. The van der Waals surface area contributed by atoms with Crippen LogP contribution >= 0.6 is 0 Å². The monoisotopic (exact) mass is 609 g/mol. The molecule has 220 valence electrons. The third kappa shape index (κ3) is 3.23. The Balaban J connectivity index is 1.39. The quantitative estimate of drug-likeness (QED) is 0.196. The van der Waals surface area contributed by atoms with E-state index < -0.39 is 0 Å². The van der Waals surface area contributed by atoms with Gasteiger partial charge in [-0.2, -0.15) is 5.26 Å².